The summed E-state index contributed by atoms with van der Waals surface area (Å²) in [6.45, 7) is 0.0600. The molecule has 1 aromatic heterocycles. The van der Waals surface area contributed by atoms with E-state index in [1.807, 2.05) is 18.2 Å². The van der Waals surface area contributed by atoms with E-state index in [2.05, 4.69) is 15.6 Å². The highest BCUT2D eigenvalue weighted by Gasteiger charge is 2.14. The number of carbonyl (C=O) groups excluding carboxylic acids is 2. The van der Waals surface area contributed by atoms with Gasteiger partial charge < -0.3 is 15.4 Å². The first-order valence-corrected chi connectivity index (χ1v) is 9.08. The second-order valence-corrected chi connectivity index (χ2v) is 6.14. The molecule has 0 spiro atoms. The molecule has 0 radical (unpaired) electrons. The zero-order valence-electron chi connectivity index (χ0n) is 15.6. The van der Waals surface area contributed by atoms with Crippen LogP contribution in [0.4, 0.5) is 10.1 Å². The number of para-hydroxylation sites is 2. The minimum absolute atomic E-state index is 0.0710. The molecule has 2 amide bonds. The lowest BCUT2D eigenvalue weighted by Crippen LogP contribution is -2.27. The summed E-state index contributed by atoms with van der Waals surface area (Å²) in [7, 11) is 0. The predicted octanol–water partition coefficient (Wildman–Crippen LogP) is 3.21. The highest BCUT2D eigenvalue weighted by molar-refractivity contribution is 5.97. The van der Waals surface area contributed by atoms with Crippen molar-refractivity contribution < 1.29 is 18.7 Å². The van der Waals surface area contributed by atoms with E-state index in [1.165, 1.54) is 18.2 Å². The Hall–Kier alpha value is -3.74. The summed E-state index contributed by atoms with van der Waals surface area (Å²) in [5, 5.41) is 5.25. The first-order valence-electron chi connectivity index (χ1n) is 9.08. The number of anilines is 1. The molecule has 29 heavy (non-hydrogen) atoms. The Morgan fingerprint density at radius 2 is 1.72 bits per heavy atom. The van der Waals surface area contributed by atoms with Gasteiger partial charge in [-0.15, -0.1) is 0 Å². The van der Waals surface area contributed by atoms with E-state index in [1.54, 1.807) is 36.5 Å². The van der Waals surface area contributed by atoms with Gasteiger partial charge in [-0.25, -0.2) is 4.39 Å². The average Bonchev–Trinajstić information content (AvgIpc) is 2.75. The smallest absolute Gasteiger partial charge is 0.262 e. The van der Waals surface area contributed by atoms with Crippen LogP contribution < -0.4 is 15.4 Å². The molecule has 0 aliphatic heterocycles. The number of benzene rings is 2. The van der Waals surface area contributed by atoms with E-state index in [0.29, 0.717) is 18.5 Å². The summed E-state index contributed by atoms with van der Waals surface area (Å²) in [6, 6.07) is 18.1. The van der Waals surface area contributed by atoms with Gasteiger partial charge in [0, 0.05) is 24.9 Å². The second kappa shape index (κ2) is 9.98. The van der Waals surface area contributed by atoms with Crippen LogP contribution in [0.1, 0.15) is 16.1 Å². The molecule has 0 aliphatic rings. The van der Waals surface area contributed by atoms with E-state index < -0.39 is 11.7 Å². The largest absolute Gasteiger partial charge is 0.483 e. The van der Waals surface area contributed by atoms with Gasteiger partial charge in [-0.1, -0.05) is 30.3 Å². The molecule has 0 fully saturated rings. The maximum absolute atomic E-state index is 13.6. The number of hydrogen-bond donors (Lipinski definition) is 2. The van der Waals surface area contributed by atoms with Crippen molar-refractivity contribution in [3.8, 4) is 5.75 Å². The lowest BCUT2D eigenvalue weighted by atomic mass is 10.2. The molecule has 0 saturated carbocycles. The predicted molar refractivity (Wildman–Crippen MR) is 107 cm³/mol. The van der Waals surface area contributed by atoms with Crippen molar-refractivity contribution in [3.63, 3.8) is 0 Å². The van der Waals surface area contributed by atoms with Gasteiger partial charge >= 0.3 is 0 Å². The molecule has 0 bridgehead atoms. The van der Waals surface area contributed by atoms with Crippen LogP contribution in [0.2, 0.25) is 0 Å². The van der Waals surface area contributed by atoms with Crippen molar-refractivity contribution in [3.05, 3.63) is 90.0 Å². The molecule has 0 aliphatic carbocycles. The topological polar surface area (TPSA) is 80.3 Å². The number of nitrogens with zero attached hydrogens (tertiary/aromatic N) is 1. The quantitative estimate of drug-likeness (QED) is 0.616. The zero-order chi connectivity index (χ0) is 20.5. The van der Waals surface area contributed by atoms with Crippen molar-refractivity contribution in [1.29, 1.82) is 0 Å². The van der Waals surface area contributed by atoms with Gasteiger partial charge in [0.15, 0.2) is 6.61 Å². The Morgan fingerprint density at radius 3 is 2.52 bits per heavy atom. The summed E-state index contributed by atoms with van der Waals surface area (Å²) in [5.41, 5.74) is 1.26. The van der Waals surface area contributed by atoms with E-state index in [9.17, 15) is 14.0 Å². The van der Waals surface area contributed by atoms with E-state index >= 15 is 0 Å². The molecular weight excluding hydrogens is 373 g/mol. The normalized spacial score (nSPS) is 10.2. The third-order valence-corrected chi connectivity index (χ3v) is 4.03. The van der Waals surface area contributed by atoms with E-state index in [4.69, 9.17) is 4.74 Å². The van der Waals surface area contributed by atoms with Crippen LogP contribution in [0.5, 0.6) is 5.75 Å². The molecule has 7 heteroatoms. The van der Waals surface area contributed by atoms with Crippen molar-refractivity contribution in [2.45, 2.75) is 6.42 Å². The number of amides is 2. The molecule has 2 aromatic carbocycles. The Labute approximate surface area is 167 Å². The van der Waals surface area contributed by atoms with Crippen LogP contribution in [0.25, 0.3) is 0 Å². The Balaban J connectivity index is 1.54. The maximum atomic E-state index is 13.6. The number of nitrogens with one attached hydrogen (secondary N) is 2. The molecule has 0 unspecified atom stereocenters. The van der Waals surface area contributed by atoms with Gasteiger partial charge in [0.25, 0.3) is 11.8 Å². The van der Waals surface area contributed by atoms with Crippen LogP contribution in [0.15, 0.2) is 72.9 Å². The highest BCUT2D eigenvalue weighted by atomic mass is 19.1. The van der Waals surface area contributed by atoms with Crippen LogP contribution in [-0.4, -0.2) is 29.9 Å². The molecular formula is C22H20FN3O3. The highest BCUT2D eigenvalue weighted by Crippen LogP contribution is 2.18. The number of ether oxygens (including phenoxy) is 1. The summed E-state index contributed by atoms with van der Waals surface area (Å²) < 4.78 is 19.1. The van der Waals surface area contributed by atoms with Crippen molar-refractivity contribution in [1.82, 2.24) is 10.3 Å². The standard InChI is InChI=1S/C22H20FN3O3/c23-18-9-2-3-10-19(18)26-21(27)15-29-20-11-4-1-8-17(20)22(28)25-14-12-16-7-5-6-13-24-16/h1-11,13H,12,14-15H2,(H,25,28)(H,26,27). The number of hydrogen-bond acceptors (Lipinski definition) is 4. The molecule has 3 aromatic rings. The van der Waals surface area contributed by atoms with Gasteiger partial charge in [-0.2, -0.15) is 0 Å². The summed E-state index contributed by atoms with van der Waals surface area (Å²) in [6.07, 6.45) is 2.30. The first kappa shape index (κ1) is 20.0. The number of aromatic nitrogens is 1. The molecule has 1 heterocycles. The average molecular weight is 393 g/mol. The van der Waals surface area contributed by atoms with Gasteiger partial charge in [0.05, 0.1) is 11.3 Å². The number of carbonyl (C=O) groups is 2. The molecule has 2 N–H and O–H groups in total. The molecule has 0 saturated heterocycles. The van der Waals surface area contributed by atoms with Gasteiger partial charge in [-0.05, 0) is 36.4 Å². The number of pyridine rings is 1. The summed E-state index contributed by atoms with van der Waals surface area (Å²) >= 11 is 0. The molecule has 3 rings (SSSR count). The summed E-state index contributed by atoms with van der Waals surface area (Å²) in [5.74, 6) is -1.11. The van der Waals surface area contributed by atoms with Crippen LogP contribution in [0, 0.1) is 5.82 Å². The molecule has 0 atom stereocenters. The van der Waals surface area contributed by atoms with Crippen LogP contribution >= 0.6 is 0 Å². The van der Waals surface area contributed by atoms with Gasteiger partial charge in [0.2, 0.25) is 0 Å². The fourth-order valence-corrected chi connectivity index (χ4v) is 2.62. The fourth-order valence-electron chi connectivity index (χ4n) is 2.62. The Morgan fingerprint density at radius 1 is 0.966 bits per heavy atom. The SMILES string of the molecule is O=C(COc1ccccc1C(=O)NCCc1ccccn1)Nc1ccccc1F. The third kappa shape index (κ3) is 5.87. The summed E-state index contributed by atoms with van der Waals surface area (Å²) in [4.78, 5) is 28.7. The number of rotatable bonds is 8. The monoisotopic (exact) mass is 393 g/mol. The lowest BCUT2D eigenvalue weighted by molar-refractivity contribution is -0.118. The fraction of sp³-hybridized carbons (Fsp3) is 0.136. The molecule has 6 nitrogen and oxygen atoms in total. The lowest BCUT2D eigenvalue weighted by Gasteiger charge is -2.12. The minimum atomic E-state index is -0.534. The Bertz CT molecular complexity index is 980. The van der Waals surface area contributed by atoms with Gasteiger partial charge in [-0.3, -0.25) is 14.6 Å². The second-order valence-electron chi connectivity index (χ2n) is 6.14. The van der Waals surface area contributed by atoms with Crippen LogP contribution in [-0.2, 0) is 11.2 Å². The third-order valence-electron chi connectivity index (χ3n) is 4.03. The zero-order valence-corrected chi connectivity index (χ0v) is 15.6. The first-order chi connectivity index (χ1) is 14.1. The van der Waals surface area contributed by atoms with Gasteiger partial charge in [0.1, 0.15) is 11.6 Å². The van der Waals surface area contributed by atoms with Crippen molar-refractivity contribution >= 4 is 17.5 Å². The Kier molecular flexibility index (Phi) is 6.89. The van der Waals surface area contributed by atoms with Crippen molar-refractivity contribution in [2.75, 3.05) is 18.5 Å². The minimum Gasteiger partial charge on any atom is -0.483 e. The maximum Gasteiger partial charge on any atom is 0.262 e. The van der Waals surface area contributed by atoms with Crippen LogP contribution in [0.3, 0.4) is 0 Å². The number of halogens is 1. The van der Waals surface area contributed by atoms with E-state index in [0.717, 1.165) is 5.69 Å². The van der Waals surface area contributed by atoms with E-state index in [-0.39, 0.29) is 24.0 Å². The van der Waals surface area contributed by atoms with Crippen molar-refractivity contribution in [2.24, 2.45) is 0 Å². The molecule has 148 valence electrons.